The Bertz CT molecular complexity index is 533. The second-order valence-electron chi connectivity index (χ2n) is 7.97. The number of hydrogen-bond acceptors (Lipinski definition) is 3. The summed E-state index contributed by atoms with van der Waals surface area (Å²) in [4.78, 5) is 14.9. The summed E-state index contributed by atoms with van der Waals surface area (Å²) in [5.74, 6) is 0.955. The molecule has 122 valence electrons. The van der Waals surface area contributed by atoms with Crippen molar-refractivity contribution in [3.05, 3.63) is 24.2 Å². The summed E-state index contributed by atoms with van der Waals surface area (Å²) in [5, 5.41) is 10.3. The highest BCUT2D eigenvalue weighted by atomic mass is 16.4. The van der Waals surface area contributed by atoms with Crippen molar-refractivity contribution >= 4 is 5.91 Å². The molecule has 1 aliphatic carbocycles. The number of nitrogens with zero attached hydrogens (tertiary/aromatic N) is 1. The summed E-state index contributed by atoms with van der Waals surface area (Å²) >= 11 is 0. The van der Waals surface area contributed by atoms with Gasteiger partial charge in [0.05, 0.1) is 6.26 Å². The van der Waals surface area contributed by atoms with Gasteiger partial charge in [0.25, 0.3) is 0 Å². The van der Waals surface area contributed by atoms with Crippen molar-refractivity contribution in [3.8, 4) is 0 Å². The smallest absolute Gasteiger partial charge is 0.227 e. The molecule has 1 aromatic rings. The number of rotatable bonds is 4. The zero-order chi connectivity index (χ0) is 16.1. The fourth-order valence-electron chi connectivity index (χ4n) is 4.21. The molecule has 2 unspecified atom stereocenters. The minimum Gasteiger partial charge on any atom is -0.467 e. The molecule has 1 N–H and O–H groups in total. The van der Waals surface area contributed by atoms with Crippen LogP contribution in [0.2, 0.25) is 0 Å². The van der Waals surface area contributed by atoms with E-state index in [9.17, 15) is 9.90 Å². The molecule has 1 aliphatic heterocycles. The van der Waals surface area contributed by atoms with E-state index in [1.807, 2.05) is 4.90 Å². The summed E-state index contributed by atoms with van der Waals surface area (Å²) in [6.45, 7) is 9.53. The number of carbonyl (C=O) groups excluding carboxylic acids is 1. The molecule has 2 heterocycles. The number of aliphatic hydroxyl groups is 1. The van der Waals surface area contributed by atoms with Crippen LogP contribution in [0.4, 0.5) is 0 Å². The Labute approximate surface area is 132 Å². The van der Waals surface area contributed by atoms with Gasteiger partial charge in [-0.3, -0.25) is 4.79 Å². The van der Waals surface area contributed by atoms with Crippen molar-refractivity contribution in [2.24, 2.45) is 16.7 Å². The van der Waals surface area contributed by atoms with E-state index in [2.05, 4.69) is 27.7 Å². The lowest BCUT2D eigenvalue weighted by atomic mass is 10.0. The lowest BCUT2D eigenvalue weighted by molar-refractivity contribution is -0.135. The van der Waals surface area contributed by atoms with Crippen molar-refractivity contribution in [1.29, 1.82) is 0 Å². The van der Waals surface area contributed by atoms with E-state index < -0.39 is 6.10 Å². The zero-order valence-electron chi connectivity index (χ0n) is 14.0. The molecule has 2 fully saturated rings. The normalized spacial score (nSPS) is 27.9. The molecular formula is C18H27NO3. The molecule has 0 aromatic carbocycles. The fourth-order valence-corrected chi connectivity index (χ4v) is 4.21. The maximum Gasteiger partial charge on any atom is 0.227 e. The van der Waals surface area contributed by atoms with E-state index in [4.69, 9.17) is 4.42 Å². The van der Waals surface area contributed by atoms with Gasteiger partial charge in [-0.15, -0.1) is 0 Å². The molecule has 1 saturated carbocycles. The third kappa shape index (κ3) is 2.28. The van der Waals surface area contributed by atoms with Crippen LogP contribution in [0, 0.1) is 16.7 Å². The zero-order valence-corrected chi connectivity index (χ0v) is 14.0. The first-order valence-corrected chi connectivity index (χ1v) is 8.28. The number of likely N-dealkylation sites (tertiary alicyclic amines) is 1. The van der Waals surface area contributed by atoms with Crippen LogP contribution in [0.25, 0.3) is 0 Å². The number of furan rings is 1. The second kappa shape index (κ2) is 5.12. The summed E-state index contributed by atoms with van der Waals surface area (Å²) in [7, 11) is 0. The molecule has 3 rings (SSSR count). The van der Waals surface area contributed by atoms with E-state index in [-0.39, 0.29) is 28.7 Å². The fraction of sp³-hybridized carbons (Fsp3) is 0.722. The molecule has 2 atom stereocenters. The summed E-state index contributed by atoms with van der Waals surface area (Å²) < 4.78 is 5.27. The Morgan fingerprint density at radius 3 is 2.64 bits per heavy atom. The molecule has 1 saturated heterocycles. The maximum absolute atomic E-state index is 12.9. The van der Waals surface area contributed by atoms with Crippen molar-refractivity contribution in [2.45, 2.75) is 59.1 Å². The minimum absolute atomic E-state index is 0.0663. The van der Waals surface area contributed by atoms with E-state index in [0.29, 0.717) is 12.2 Å². The third-order valence-corrected chi connectivity index (χ3v) is 6.29. The van der Waals surface area contributed by atoms with Crippen molar-refractivity contribution < 1.29 is 14.3 Å². The van der Waals surface area contributed by atoms with Gasteiger partial charge in [-0.25, -0.2) is 0 Å². The Balaban J connectivity index is 1.68. The first-order valence-electron chi connectivity index (χ1n) is 8.28. The van der Waals surface area contributed by atoms with Gasteiger partial charge in [0.1, 0.15) is 11.9 Å². The number of hydrogen-bond donors (Lipinski definition) is 1. The largest absolute Gasteiger partial charge is 0.467 e. The van der Waals surface area contributed by atoms with E-state index in [0.717, 1.165) is 19.4 Å². The van der Waals surface area contributed by atoms with Crippen LogP contribution >= 0.6 is 0 Å². The van der Waals surface area contributed by atoms with Gasteiger partial charge in [0.15, 0.2) is 0 Å². The van der Waals surface area contributed by atoms with E-state index in [1.165, 1.54) is 0 Å². The van der Waals surface area contributed by atoms with E-state index in [1.54, 1.807) is 18.4 Å². The van der Waals surface area contributed by atoms with Crippen molar-refractivity contribution in [2.75, 3.05) is 6.54 Å². The molecule has 0 bridgehead atoms. The minimum atomic E-state index is -0.631. The van der Waals surface area contributed by atoms with Gasteiger partial charge in [-0.2, -0.15) is 0 Å². The highest BCUT2D eigenvalue weighted by Gasteiger charge is 2.69. The summed E-state index contributed by atoms with van der Waals surface area (Å²) in [5.41, 5.74) is 0.133. The first-order chi connectivity index (χ1) is 10.3. The quantitative estimate of drug-likeness (QED) is 0.928. The average Bonchev–Trinajstić information content (AvgIpc) is 2.96. The highest BCUT2D eigenvalue weighted by molar-refractivity contribution is 5.84. The maximum atomic E-state index is 12.9. The van der Waals surface area contributed by atoms with Gasteiger partial charge >= 0.3 is 0 Å². The molecule has 4 heteroatoms. The van der Waals surface area contributed by atoms with Crippen LogP contribution in [0.3, 0.4) is 0 Å². The Morgan fingerprint density at radius 2 is 2.09 bits per heavy atom. The van der Waals surface area contributed by atoms with Gasteiger partial charge in [-0.1, -0.05) is 27.7 Å². The third-order valence-electron chi connectivity index (χ3n) is 6.29. The Hall–Kier alpha value is -1.29. The molecule has 0 spiro atoms. The molecule has 1 aromatic heterocycles. The van der Waals surface area contributed by atoms with Crippen LogP contribution in [0.5, 0.6) is 0 Å². The van der Waals surface area contributed by atoms with E-state index >= 15 is 0 Å². The van der Waals surface area contributed by atoms with Crippen LogP contribution < -0.4 is 0 Å². The molecule has 0 radical (unpaired) electrons. The lowest BCUT2D eigenvalue weighted by Gasteiger charge is -2.27. The Morgan fingerprint density at radius 1 is 1.41 bits per heavy atom. The Kier molecular flexibility index (Phi) is 3.63. The van der Waals surface area contributed by atoms with Gasteiger partial charge in [0.2, 0.25) is 5.91 Å². The number of carbonyl (C=O) groups is 1. The van der Waals surface area contributed by atoms with Gasteiger partial charge < -0.3 is 14.4 Å². The highest BCUT2D eigenvalue weighted by Crippen LogP contribution is 2.69. The molecule has 1 amide bonds. The standard InChI is InChI=1S/C18H27NO3/c1-17(2)15(18(17,3)4)16(21)19-9-5-7-12(19)11-13(20)14-8-6-10-22-14/h6,8,10,12-13,15,20H,5,7,9,11H2,1-4H3. The summed E-state index contributed by atoms with van der Waals surface area (Å²) in [6.07, 6.45) is 3.50. The number of amides is 1. The second-order valence-corrected chi connectivity index (χ2v) is 7.97. The molecule has 4 nitrogen and oxygen atoms in total. The van der Waals surface area contributed by atoms with Crippen LogP contribution in [0.1, 0.15) is 58.8 Å². The molecular weight excluding hydrogens is 278 g/mol. The molecule has 2 aliphatic rings. The average molecular weight is 305 g/mol. The van der Waals surface area contributed by atoms with Crippen LogP contribution in [-0.4, -0.2) is 28.5 Å². The predicted molar refractivity (Wildman–Crippen MR) is 84.1 cm³/mol. The van der Waals surface area contributed by atoms with Crippen molar-refractivity contribution in [3.63, 3.8) is 0 Å². The van der Waals surface area contributed by atoms with Crippen LogP contribution in [-0.2, 0) is 4.79 Å². The predicted octanol–water partition coefficient (Wildman–Crippen LogP) is 3.38. The van der Waals surface area contributed by atoms with Crippen molar-refractivity contribution in [1.82, 2.24) is 4.90 Å². The summed E-state index contributed by atoms with van der Waals surface area (Å²) in [6, 6.07) is 3.70. The van der Waals surface area contributed by atoms with Gasteiger partial charge in [0, 0.05) is 24.9 Å². The number of aliphatic hydroxyl groups excluding tert-OH is 1. The van der Waals surface area contributed by atoms with Gasteiger partial charge in [-0.05, 0) is 35.8 Å². The monoisotopic (exact) mass is 305 g/mol. The lowest BCUT2D eigenvalue weighted by Crippen LogP contribution is -2.38. The molecule has 22 heavy (non-hydrogen) atoms. The van der Waals surface area contributed by atoms with Crippen LogP contribution in [0.15, 0.2) is 22.8 Å². The SMILES string of the molecule is CC1(C)C(C(=O)N2CCCC2CC(O)c2ccco2)C1(C)C. The first kappa shape index (κ1) is 15.6. The topological polar surface area (TPSA) is 53.7 Å².